The lowest BCUT2D eigenvalue weighted by Gasteiger charge is -2.18. The average molecular weight is 399 g/mol. The number of aromatic nitrogens is 2. The van der Waals surface area contributed by atoms with Crippen LogP contribution >= 0.6 is 15.9 Å². The second-order valence-electron chi connectivity index (χ2n) is 5.81. The zero-order valence-corrected chi connectivity index (χ0v) is 15.7. The van der Waals surface area contributed by atoms with Crippen LogP contribution in [0.3, 0.4) is 0 Å². The van der Waals surface area contributed by atoms with Crippen molar-refractivity contribution >= 4 is 39.4 Å². The first-order valence-corrected chi connectivity index (χ1v) is 8.66. The molecule has 3 aromatic rings. The number of para-hydroxylation sites is 2. The van der Waals surface area contributed by atoms with Crippen molar-refractivity contribution in [2.45, 2.75) is 6.54 Å². The second-order valence-corrected chi connectivity index (χ2v) is 6.73. The number of fused-ring (bicyclic) bond motifs is 2. The molecule has 0 aliphatic carbocycles. The lowest BCUT2D eigenvalue weighted by Crippen LogP contribution is -2.14. The summed E-state index contributed by atoms with van der Waals surface area (Å²) in [5, 5.41) is 7.72. The summed E-state index contributed by atoms with van der Waals surface area (Å²) >= 11 is 3.26. The summed E-state index contributed by atoms with van der Waals surface area (Å²) in [6, 6.07) is 15.5. The Morgan fingerprint density at radius 2 is 1.84 bits per heavy atom. The number of benzene rings is 2. The Labute approximate surface area is 155 Å². The predicted molar refractivity (Wildman–Crippen MR) is 105 cm³/mol. The van der Waals surface area contributed by atoms with Gasteiger partial charge in [0.05, 0.1) is 17.6 Å². The Morgan fingerprint density at radius 3 is 2.56 bits per heavy atom. The molecule has 5 nitrogen and oxygen atoms in total. The van der Waals surface area contributed by atoms with Gasteiger partial charge in [-0.15, -0.1) is 0 Å². The molecule has 0 atom stereocenters. The van der Waals surface area contributed by atoms with Gasteiger partial charge in [-0.25, -0.2) is 0 Å². The molecule has 0 saturated heterocycles. The molecule has 25 heavy (non-hydrogen) atoms. The number of rotatable bonds is 1. The van der Waals surface area contributed by atoms with Gasteiger partial charge in [-0.3, -0.25) is 9.48 Å². The standard InChI is InChI=1S/C12H14N4.C7H5BrO/c1-15-8-9-7-13-16(2)12(9)14-10-5-3-4-6-11(10)15;8-7-3-1-6(5-9)2-4-7/h3-7,14H,8H2,1-2H3;1-5H. The van der Waals surface area contributed by atoms with Crippen LogP contribution in [0.2, 0.25) is 0 Å². The maximum Gasteiger partial charge on any atom is 0.150 e. The van der Waals surface area contributed by atoms with Gasteiger partial charge in [-0.1, -0.05) is 40.2 Å². The minimum absolute atomic E-state index is 0.707. The van der Waals surface area contributed by atoms with Gasteiger partial charge in [0, 0.05) is 36.2 Å². The van der Waals surface area contributed by atoms with Crippen LogP contribution in [-0.2, 0) is 13.6 Å². The van der Waals surface area contributed by atoms with Crippen LogP contribution in [-0.4, -0.2) is 23.1 Å². The molecule has 0 amide bonds. The molecule has 1 aromatic heterocycles. The topological polar surface area (TPSA) is 50.2 Å². The van der Waals surface area contributed by atoms with E-state index >= 15 is 0 Å². The molecular formula is C19H19BrN4O. The first-order chi connectivity index (χ1) is 12.1. The van der Waals surface area contributed by atoms with Gasteiger partial charge in [0.25, 0.3) is 0 Å². The zero-order chi connectivity index (χ0) is 17.8. The summed E-state index contributed by atoms with van der Waals surface area (Å²) in [5.41, 5.74) is 4.28. The molecule has 0 radical (unpaired) electrons. The third-order valence-corrected chi connectivity index (χ3v) is 4.53. The smallest absolute Gasteiger partial charge is 0.150 e. The third kappa shape index (κ3) is 3.91. The molecule has 0 saturated carbocycles. The fraction of sp³-hybridized carbons (Fsp3) is 0.158. The SMILES string of the molecule is CN1Cc2cnn(C)c2Nc2ccccc21.O=Cc1ccc(Br)cc1. The van der Waals surface area contributed by atoms with Crippen LogP contribution in [0.5, 0.6) is 0 Å². The number of carbonyl (C=O) groups is 1. The highest BCUT2D eigenvalue weighted by molar-refractivity contribution is 9.10. The van der Waals surface area contributed by atoms with Crippen LogP contribution < -0.4 is 10.2 Å². The van der Waals surface area contributed by atoms with Gasteiger partial charge in [-0.2, -0.15) is 5.10 Å². The molecule has 0 bridgehead atoms. The normalized spacial score (nSPS) is 12.0. The number of anilines is 3. The molecule has 1 aliphatic heterocycles. The minimum atomic E-state index is 0.707. The Bertz CT molecular complexity index is 873. The first kappa shape index (κ1) is 17.2. The van der Waals surface area contributed by atoms with E-state index in [1.165, 1.54) is 11.3 Å². The van der Waals surface area contributed by atoms with Crippen LogP contribution in [0.25, 0.3) is 0 Å². The number of halogens is 1. The van der Waals surface area contributed by atoms with Crippen LogP contribution in [0, 0.1) is 0 Å². The molecule has 0 fully saturated rings. The average Bonchev–Trinajstić information content (AvgIpc) is 2.89. The van der Waals surface area contributed by atoms with E-state index in [0.717, 1.165) is 28.8 Å². The van der Waals surface area contributed by atoms with Gasteiger partial charge >= 0.3 is 0 Å². The Balaban J connectivity index is 0.000000173. The zero-order valence-electron chi connectivity index (χ0n) is 14.1. The van der Waals surface area contributed by atoms with Gasteiger partial charge in [0.1, 0.15) is 12.1 Å². The van der Waals surface area contributed by atoms with E-state index in [2.05, 4.69) is 56.5 Å². The lowest BCUT2D eigenvalue weighted by atomic mass is 10.2. The number of carbonyl (C=O) groups excluding carboxylic acids is 1. The molecule has 1 N–H and O–H groups in total. The summed E-state index contributed by atoms with van der Waals surface area (Å²) in [7, 11) is 4.06. The molecule has 6 heteroatoms. The van der Waals surface area contributed by atoms with Gasteiger partial charge in [0.15, 0.2) is 0 Å². The van der Waals surface area contributed by atoms with E-state index in [-0.39, 0.29) is 0 Å². The van der Waals surface area contributed by atoms with Crippen molar-refractivity contribution in [3.8, 4) is 0 Å². The van der Waals surface area contributed by atoms with Crippen LogP contribution in [0.4, 0.5) is 17.2 Å². The van der Waals surface area contributed by atoms with E-state index in [0.29, 0.717) is 5.56 Å². The van der Waals surface area contributed by atoms with E-state index < -0.39 is 0 Å². The highest BCUT2D eigenvalue weighted by Gasteiger charge is 2.18. The fourth-order valence-corrected chi connectivity index (χ4v) is 2.95. The molecule has 2 heterocycles. The molecule has 2 aromatic carbocycles. The van der Waals surface area contributed by atoms with Crippen LogP contribution in [0.1, 0.15) is 15.9 Å². The van der Waals surface area contributed by atoms with E-state index in [9.17, 15) is 4.79 Å². The predicted octanol–water partition coefficient (Wildman–Crippen LogP) is 4.38. The highest BCUT2D eigenvalue weighted by Crippen LogP contribution is 2.33. The van der Waals surface area contributed by atoms with Crippen molar-refractivity contribution in [3.05, 3.63) is 70.3 Å². The molecular weight excluding hydrogens is 380 g/mol. The summed E-state index contributed by atoms with van der Waals surface area (Å²) < 4.78 is 2.87. The minimum Gasteiger partial charge on any atom is -0.368 e. The quantitative estimate of drug-likeness (QED) is 0.618. The monoisotopic (exact) mass is 398 g/mol. The number of aryl methyl sites for hydroxylation is 1. The first-order valence-electron chi connectivity index (χ1n) is 7.87. The molecule has 0 spiro atoms. The number of aldehydes is 1. The maximum atomic E-state index is 10.1. The molecule has 4 rings (SSSR count). The summed E-state index contributed by atoms with van der Waals surface area (Å²) in [6.07, 6.45) is 2.75. The van der Waals surface area contributed by atoms with Gasteiger partial charge in [-0.05, 0) is 24.3 Å². The van der Waals surface area contributed by atoms with E-state index in [4.69, 9.17) is 0 Å². The van der Waals surface area contributed by atoms with Crippen LogP contribution in [0.15, 0.2) is 59.2 Å². The number of nitrogens with one attached hydrogen (secondary N) is 1. The van der Waals surface area contributed by atoms with Gasteiger partial charge < -0.3 is 10.2 Å². The van der Waals surface area contributed by atoms with Crippen molar-refractivity contribution in [1.82, 2.24) is 9.78 Å². The highest BCUT2D eigenvalue weighted by atomic mass is 79.9. The van der Waals surface area contributed by atoms with Crippen molar-refractivity contribution in [1.29, 1.82) is 0 Å². The van der Waals surface area contributed by atoms with Gasteiger partial charge in [0.2, 0.25) is 0 Å². The Kier molecular flexibility index (Phi) is 5.19. The van der Waals surface area contributed by atoms with E-state index in [1.54, 1.807) is 12.1 Å². The number of hydrogen-bond acceptors (Lipinski definition) is 4. The van der Waals surface area contributed by atoms with Crippen molar-refractivity contribution in [2.24, 2.45) is 7.05 Å². The van der Waals surface area contributed by atoms with Crippen molar-refractivity contribution in [3.63, 3.8) is 0 Å². The molecule has 128 valence electrons. The molecule has 0 unspecified atom stereocenters. The van der Waals surface area contributed by atoms with Crippen molar-refractivity contribution in [2.75, 3.05) is 17.3 Å². The maximum absolute atomic E-state index is 10.1. The Morgan fingerprint density at radius 1 is 1.12 bits per heavy atom. The number of hydrogen-bond donors (Lipinski definition) is 1. The lowest BCUT2D eigenvalue weighted by molar-refractivity contribution is 0.112. The van der Waals surface area contributed by atoms with E-state index in [1.807, 2.05) is 36.1 Å². The van der Waals surface area contributed by atoms with Crippen molar-refractivity contribution < 1.29 is 4.79 Å². The largest absolute Gasteiger partial charge is 0.368 e. The number of nitrogens with zero attached hydrogens (tertiary/aromatic N) is 3. The second kappa shape index (κ2) is 7.53. The Hall–Kier alpha value is -2.60. The summed E-state index contributed by atoms with van der Waals surface area (Å²) in [6.45, 7) is 0.882. The fourth-order valence-electron chi connectivity index (χ4n) is 2.68. The third-order valence-electron chi connectivity index (χ3n) is 4.00. The summed E-state index contributed by atoms with van der Waals surface area (Å²) in [5.74, 6) is 1.08. The molecule has 1 aliphatic rings. The summed E-state index contributed by atoms with van der Waals surface area (Å²) in [4.78, 5) is 12.3.